The number of nitrogens with zero attached hydrogens (tertiary/aromatic N) is 1. The van der Waals surface area contributed by atoms with Crippen molar-refractivity contribution in [3.05, 3.63) is 59.5 Å². The van der Waals surface area contributed by atoms with Gasteiger partial charge in [0.25, 0.3) is 0 Å². The number of rotatable bonds is 2. The number of oxazole rings is 1. The van der Waals surface area contributed by atoms with E-state index in [4.69, 9.17) is 10.2 Å². The summed E-state index contributed by atoms with van der Waals surface area (Å²) >= 11 is 0. The molecule has 3 heteroatoms. The lowest BCUT2D eigenvalue weighted by Crippen LogP contribution is -1.90. The summed E-state index contributed by atoms with van der Waals surface area (Å²) < 4.78 is 5.75. The van der Waals surface area contributed by atoms with E-state index in [1.165, 1.54) is 0 Å². The molecule has 0 spiro atoms. The number of aromatic nitrogens is 1. The Balaban J connectivity index is 2.02. The van der Waals surface area contributed by atoms with Crippen molar-refractivity contribution < 1.29 is 4.42 Å². The summed E-state index contributed by atoms with van der Waals surface area (Å²) in [7, 11) is 0. The van der Waals surface area contributed by atoms with E-state index < -0.39 is 0 Å². The van der Waals surface area contributed by atoms with Crippen molar-refractivity contribution in [3.8, 4) is 0 Å². The molecule has 0 fully saturated rings. The summed E-state index contributed by atoms with van der Waals surface area (Å²) in [6.45, 7) is 4.00. The van der Waals surface area contributed by atoms with E-state index in [2.05, 4.69) is 4.98 Å². The van der Waals surface area contributed by atoms with Gasteiger partial charge in [0, 0.05) is 11.3 Å². The smallest absolute Gasteiger partial charge is 0.222 e. The number of hydrogen-bond donors (Lipinski definition) is 1. The highest BCUT2D eigenvalue weighted by Crippen LogP contribution is 2.24. The van der Waals surface area contributed by atoms with Crippen LogP contribution in [-0.2, 0) is 0 Å². The van der Waals surface area contributed by atoms with E-state index in [9.17, 15) is 0 Å². The predicted octanol–water partition coefficient (Wildman–Crippen LogP) is 4.28. The van der Waals surface area contributed by atoms with E-state index in [1.807, 2.05) is 62.4 Å². The summed E-state index contributed by atoms with van der Waals surface area (Å²) in [6.07, 6.45) is 2.00. The molecule has 0 aliphatic rings. The van der Waals surface area contributed by atoms with Gasteiger partial charge in [-0.25, -0.2) is 4.98 Å². The van der Waals surface area contributed by atoms with Crippen LogP contribution in [0.2, 0.25) is 0 Å². The van der Waals surface area contributed by atoms with Crippen LogP contribution in [0.25, 0.3) is 22.7 Å². The van der Waals surface area contributed by atoms with E-state index in [1.54, 1.807) is 0 Å². The zero-order valence-corrected chi connectivity index (χ0v) is 11.6. The molecule has 3 aromatic rings. The molecule has 0 amide bonds. The summed E-state index contributed by atoms with van der Waals surface area (Å²) in [6, 6.07) is 13.8. The second-order valence-corrected chi connectivity index (χ2v) is 4.95. The third kappa shape index (κ3) is 2.30. The maximum absolute atomic E-state index is 6.03. The predicted molar refractivity (Wildman–Crippen MR) is 83.1 cm³/mol. The Hall–Kier alpha value is -2.55. The second kappa shape index (κ2) is 4.85. The fourth-order valence-electron chi connectivity index (χ4n) is 2.16. The van der Waals surface area contributed by atoms with Crippen LogP contribution in [0.5, 0.6) is 0 Å². The van der Waals surface area contributed by atoms with Gasteiger partial charge in [0.15, 0.2) is 5.58 Å². The Morgan fingerprint density at radius 3 is 2.75 bits per heavy atom. The molecule has 0 unspecified atom stereocenters. The quantitative estimate of drug-likeness (QED) is 0.703. The standard InChI is InChI=1S/C17H16N2O/c1-11-7-8-13(14(18)9-11)10-12(2)17-19-15-5-3-4-6-16(15)20-17/h3-10H,18H2,1-2H3. The zero-order valence-electron chi connectivity index (χ0n) is 11.6. The molecule has 1 aromatic heterocycles. The van der Waals surface area contributed by atoms with Gasteiger partial charge in [0.2, 0.25) is 5.89 Å². The van der Waals surface area contributed by atoms with E-state index in [0.717, 1.165) is 33.5 Å². The fraction of sp³-hybridized carbons (Fsp3) is 0.118. The number of benzene rings is 2. The first-order valence-electron chi connectivity index (χ1n) is 6.54. The summed E-state index contributed by atoms with van der Waals surface area (Å²) in [4.78, 5) is 4.48. The third-order valence-corrected chi connectivity index (χ3v) is 3.25. The average Bonchev–Trinajstić information content (AvgIpc) is 2.86. The van der Waals surface area contributed by atoms with Crippen molar-refractivity contribution in [2.24, 2.45) is 0 Å². The third-order valence-electron chi connectivity index (χ3n) is 3.25. The molecule has 2 N–H and O–H groups in total. The van der Waals surface area contributed by atoms with Crippen molar-refractivity contribution in [1.29, 1.82) is 0 Å². The average molecular weight is 264 g/mol. The first-order chi connectivity index (χ1) is 9.63. The van der Waals surface area contributed by atoms with Crippen LogP contribution < -0.4 is 5.73 Å². The molecule has 3 rings (SSSR count). The van der Waals surface area contributed by atoms with Crippen LogP contribution in [-0.4, -0.2) is 4.98 Å². The van der Waals surface area contributed by atoms with Crippen LogP contribution in [0.3, 0.4) is 0 Å². The number of allylic oxidation sites excluding steroid dienone is 1. The molecule has 3 nitrogen and oxygen atoms in total. The minimum absolute atomic E-state index is 0.631. The molecule has 0 saturated carbocycles. The molecule has 100 valence electrons. The van der Waals surface area contributed by atoms with Gasteiger partial charge < -0.3 is 10.2 Å². The van der Waals surface area contributed by atoms with Gasteiger partial charge in [-0.1, -0.05) is 24.3 Å². The molecular formula is C17H16N2O. The van der Waals surface area contributed by atoms with E-state index >= 15 is 0 Å². The van der Waals surface area contributed by atoms with Gasteiger partial charge in [-0.3, -0.25) is 0 Å². The van der Waals surface area contributed by atoms with E-state index in [0.29, 0.717) is 5.89 Å². The number of fused-ring (bicyclic) bond motifs is 1. The Labute approximate surface area is 117 Å². The largest absolute Gasteiger partial charge is 0.436 e. The zero-order chi connectivity index (χ0) is 14.1. The number of para-hydroxylation sites is 2. The topological polar surface area (TPSA) is 52.0 Å². The maximum Gasteiger partial charge on any atom is 0.222 e. The number of hydrogen-bond acceptors (Lipinski definition) is 3. The fourth-order valence-corrected chi connectivity index (χ4v) is 2.16. The van der Waals surface area contributed by atoms with Gasteiger partial charge in [-0.05, 0) is 49.2 Å². The van der Waals surface area contributed by atoms with Gasteiger partial charge >= 0.3 is 0 Å². The molecule has 1 heterocycles. The highest BCUT2D eigenvalue weighted by atomic mass is 16.3. The Bertz CT molecular complexity index is 767. The van der Waals surface area contributed by atoms with Gasteiger partial charge in [0.1, 0.15) is 5.52 Å². The maximum atomic E-state index is 6.03. The lowest BCUT2D eigenvalue weighted by Gasteiger charge is -2.02. The lowest BCUT2D eigenvalue weighted by molar-refractivity contribution is 0.584. The van der Waals surface area contributed by atoms with Gasteiger partial charge in [-0.2, -0.15) is 0 Å². The summed E-state index contributed by atoms with van der Waals surface area (Å²) in [5.74, 6) is 0.631. The molecule has 0 aliphatic heterocycles. The normalized spacial score (nSPS) is 12.0. The number of nitrogen functional groups attached to an aromatic ring is 1. The highest BCUT2D eigenvalue weighted by Gasteiger charge is 2.07. The minimum atomic E-state index is 0.631. The van der Waals surface area contributed by atoms with Crippen LogP contribution in [0.4, 0.5) is 5.69 Å². The van der Waals surface area contributed by atoms with E-state index in [-0.39, 0.29) is 0 Å². The molecule has 2 aromatic carbocycles. The van der Waals surface area contributed by atoms with Crippen molar-refractivity contribution >= 4 is 28.4 Å². The second-order valence-electron chi connectivity index (χ2n) is 4.95. The van der Waals surface area contributed by atoms with Crippen molar-refractivity contribution in [2.45, 2.75) is 13.8 Å². The van der Waals surface area contributed by atoms with Gasteiger partial charge in [0.05, 0.1) is 0 Å². The molecule has 20 heavy (non-hydrogen) atoms. The number of anilines is 1. The van der Waals surface area contributed by atoms with Gasteiger partial charge in [-0.15, -0.1) is 0 Å². The number of aryl methyl sites for hydroxylation is 1. The van der Waals surface area contributed by atoms with Crippen LogP contribution in [0, 0.1) is 6.92 Å². The Morgan fingerprint density at radius 1 is 1.20 bits per heavy atom. The monoisotopic (exact) mass is 264 g/mol. The summed E-state index contributed by atoms with van der Waals surface area (Å²) in [5.41, 5.74) is 11.5. The number of nitrogens with two attached hydrogens (primary N) is 1. The Morgan fingerprint density at radius 2 is 2.00 bits per heavy atom. The molecule has 0 saturated heterocycles. The van der Waals surface area contributed by atoms with Crippen LogP contribution >= 0.6 is 0 Å². The first kappa shape index (κ1) is 12.5. The SMILES string of the molecule is CC(=Cc1ccc(C)cc1N)c1nc2ccccc2o1. The van der Waals surface area contributed by atoms with Crippen LogP contribution in [0.1, 0.15) is 23.9 Å². The van der Waals surface area contributed by atoms with Crippen molar-refractivity contribution in [3.63, 3.8) is 0 Å². The molecule has 0 radical (unpaired) electrons. The highest BCUT2D eigenvalue weighted by molar-refractivity contribution is 5.84. The summed E-state index contributed by atoms with van der Waals surface area (Å²) in [5, 5.41) is 0. The molecule has 0 atom stereocenters. The van der Waals surface area contributed by atoms with Crippen molar-refractivity contribution in [1.82, 2.24) is 4.98 Å². The first-order valence-corrected chi connectivity index (χ1v) is 6.54. The molecule has 0 aliphatic carbocycles. The van der Waals surface area contributed by atoms with Crippen LogP contribution in [0.15, 0.2) is 46.9 Å². The Kier molecular flexibility index (Phi) is 3.03. The molecular weight excluding hydrogens is 248 g/mol. The molecule has 0 bridgehead atoms. The lowest BCUT2D eigenvalue weighted by atomic mass is 10.1. The minimum Gasteiger partial charge on any atom is -0.436 e. The van der Waals surface area contributed by atoms with Crippen molar-refractivity contribution in [2.75, 3.05) is 5.73 Å².